The summed E-state index contributed by atoms with van der Waals surface area (Å²) in [4.78, 5) is 16.7. The van der Waals surface area contributed by atoms with E-state index in [1.807, 2.05) is 29.7 Å². The van der Waals surface area contributed by atoms with Crippen LogP contribution in [0.2, 0.25) is 0 Å². The highest BCUT2D eigenvalue weighted by Crippen LogP contribution is 2.34. The van der Waals surface area contributed by atoms with Crippen molar-refractivity contribution in [3.05, 3.63) is 35.5 Å². The highest BCUT2D eigenvalue weighted by Gasteiger charge is 2.32. The third-order valence-corrected chi connectivity index (χ3v) is 4.21. The minimum Gasteiger partial charge on any atom is -0.481 e. The van der Waals surface area contributed by atoms with Crippen LogP contribution in [0.5, 0.6) is 0 Å². The van der Waals surface area contributed by atoms with Gasteiger partial charge in [-0.25, -0.2) is 4.98 Å². The number of H-pyrrole nitrogens is 1. The quantitative estimate of drug-likeness (QED) is 0.844. The average molecular weight is 275 g/mol. The Morgan fingerprint density at radius 2 is 2.26 bits per heavy atom. The summed E-state index contributed by atoms with van der Waals surface area (Å²) in [6.07, 6.45) is 5.17. The van der Waals surface area contributed by atoms with E-state index in [0.717, 1.165) is 4.88 Å². The molecule has 3 rings (SSSR count). The second-order valence-electron chi connectivity index (χ2n) is 4.52. The number of hydrogen-bond acceptors (Lipinski definition) is 4. The predicted molar refractivity (Wildman–Crippen MR) is 71.9 cm³/mol. The summed E-state index contributed by atoms with van der Waals surface area (Å²) in [7, 11) is 0. The van der Waals surface area contributed by atoms with Gasteiger partial charge in [-0.05, 0) is 24.3 Å². The lowest BCUT2D eigenvalue weighted by Gasteiger charge is -2.22. The van der Waals surface area contributed by atoms with E-state index in [1.54, 1.807) is 11.3 Å². The van der Waals surface area contributed by atoms with Crippen LogP contribution in [0.4, 0.5) is 0 Å². The molecule has 98 valence electrons. The van der Waals surface area contributed by atoms with Gasteiger partial charge >= 0.3 is 5.97 Å². The fraction of sp³-hybridized carbons (Fsp3) is 0.308. The maximum absolute atomic E-state index is 11.3. The summed E-state index contributed by atoms with van der Waals surface area (Å²) in [6.45, 7) is 0. The second-order valence-corrected chi connectivity index (χ2v) is 5.46. The zero-order valence-electron chi connectivity index (χ0n) is 10.1. The van der Waals surface area contributed by atoms with Gasteiger partial charge in [0.2, 0.25) is 0 Å². The molecule has 0 unspecified atom stereocenters. The molecule has 6 heteroatoms. The second kappa shape index (κ2) is 4.97. The number of aliphatic carboxylic acids is 1. The van der Waals surface area contributed by atoms with Gasteiger partial charge in [-0.15, -0.1) is 11.3 Å². The fourth-order valence-corrected chi connectivity index (χ4v) is 3.00. The van der Waals surface area contributed by atoms with E-state index < -0.39 is 11.9 Å². The number of carbonyl (C=O) groups is 1. The molecule has 0 radical (unpaired) electrons. The molecule has 0 fully saturated rings. The van der Waals surface area contributed by atoms with Crippen LogP contribution < -0.4 is 0 Å². The van der Waals surface area contributed by atoms with E-state index >= 15 is 0 Å². The van der Waals surface area contributed by atoms with Crippen LogP contribution in [-0.4, -0.2) is 26.3 Å². The van der Waals surface area contributed by atoms with E-state index in [2.05, 4.69) is 15.2 Å². The van der Waals surface area contributed by atoms with Crippen LogP contribution in [0.25, 0.3) is 10.7 Å². The standard InChI is InChI=1S/C13H13N3O2S/c17-13(18)9-5-2-1-4-8(9)11-14-12(16-15-11)10-6-3-7-19-10/h1-3,6-9H,4-5H2,(H,17,18)(H,14,15,16)/t8-,9+/m1/s1. The number of nitrogens with one attached hydrogen (secondary N) is 1. The molecule has 0 spiro atoms. The van der Waals surface area contributed by atoms with Crippen LogP contribution >= 0.6 is 11.3 Å². The fourth-order valence-electron chi connectivity index (χ4n) is 2.35. The molecule has 0 saturated heterocycles. The minimum atomic E-state index is -0.775. The summed E-state index contributed by atoms with van der Waals surface area (Å²) in [5.74, 6) is -0.00915. The van der Waals surface area contributed by atoms with E-state index in [-0.39, 0.29) is 5.92 Å². The van der Waals surface area contributed by atoms with Gasteiger partial charge < -0.3 is 5.11 Å². The first-order valence-electron chi connectivity index (χ1n) is 6.09. The van der Waals surface area contributed by atoms with Gasteiger partial charge in [0.1, 0.15) is 5.82 Å². The number of aromatic nitrogens is 3. The molecule has 5 nitrogen and oxygen atoms in total. The molecule has 2 aromatic rings. The lowest BCUT2D eigenvalue weighted by Crippen LogP contribution is -2.24. The smallest absolute Gasteiger partial charge is 0.307 e. The predicted octanol–water partition coefficient (Wildman–Crippen LogP) is 2.67. The number of allylic oxidation sites excluding steroid dienone is 2. The van der Waals surface area contributed by atoms with Crippen molar-refractivity contribution in [1.29, 1.82) is 0 Å². The van der Waals surface area contributed by atoms with Crippen molar-refractivity contribution in [2.75, 3.05) is 0 Å². The Hall–Kier alpha value is -1.95. The largest absolute Gasteiger partial charge is 0.481 e. The van der Waals surface area contributed by atoms with Crippen molar-refractivity contribution in [1.82, 2.24) is 15.2 Å². The summed E-state index contributed by atoms with van der Waals surface area (Å²) in [5.41, 5.74) is 0. The van der Waals surface area contributed by atoms with Gasteiger partial charge in [-0.2, -0.15) is 5.10 Å². The molecule has 0 saturated carbocycles. The zero-order chi connectivity index (χ0) is 13.2. The van der Waals surface area contributed by atoms with E-state index in [0.29, 0.717) is 24.5 Å². The number of rotatable bonds is 3. The van der Waals surface area contributed by atoms with Crippen LogP contribution in [0.1, 0.15) is 24.6 Å². The summed E-state index contributed by atoms with van der Waals surface area (Å²) in [6, 6.07) is 3.90. The molecular weight excluding hydrogens is 262 g/mol. The molecule has 0 amide bonds. The third kappa shape index (κ3) is 2.31. The number of aromatic amines is 1. The van der Waals surface area contributed by atoms with Crippen molar-refractivity contribution >= 4 is 17.3 Å². The first-order valence-corrected chi connectivity index (χ1v) is 6.97. The Bertz CT molecular complexity index is 603. The van der Waals surface area contributed by atoms with Gasteiger partial charge in [0.15, 0.2) is 5.82 Å². The first kappa shape index (κ1) is 12.1. The van der Waals surface area contributed by atoms with Crippen molar-refractivity contribution in [3.63, 3.8) is 0 Å². The lowest BCUT2D eigenvalue weighted by molar-refractivity contribution is -0.142. The van der Waals surface area contributed by atoms with Crippen molar-refractivity contribution in [3.8, 4) is 10.7 Å². The summed E-state index contributed by atoms with van der Waals surface area (Å²) < 4.78 is 0. The topological polar surface area (TPSA) is 78.9 Å². The number of hydrogen-bond donors (Lipinski definition) is 2. The van der Waals surface area contributed by atoms with Crippen molar-refractivity contribution in [2.24, 2.45) is 5.92 Å². The molecule has 1 aliphatic rings. The molecule has 2 heterocycles. The van der Waals surface area contributed by atoms with Gasteiger partial charge in [0, 0.05) is 5.92 Å². The Balaban J connectivity index is 1.89. The SMILES string of the molecule is O=C(O)[C@H]1CC=CC[C@H]1c1nc(-c2cccs2)n[nH]1. The molecule has 2 aromatic heterocycles. The third-order valence-electron chi connectivity index (χ3n) is 3.35. The molecule has 0 aliphatic heterocycles. The molecule has 2 atom stereocenters. The first-order chi connectivity index (χ1) is 9.25. The van der Waals surface area contributed by atoms with E-state index in [4.69, 9.17) is 0 Å². The molecule has 2 N–H and O–H groups in total. The molecule has 0 bridgehead atoms. The van der Waals surface area contributed by atoms with Crippen LogP contribution in [0.15, 0.2) is 29.7 Å². The molecule has 19 heavy (non-hydrogen) atoms. The van der Waals surface area contributed by atoms with Gasteiger partial charge in [-0.1, -0.05) is 18.2 Å². The maximum atomic E-state index is 11.3. The molecule has 0 aromatic carbocycles. The normalized spacial score (nSPS) is 22.5. The number of thiophene rings is 1. The van der Waals surface area contributed by atoms with Gasteiger partial charge in [-0.3, -0.25) is 9.89 Å². The van der Waals surface area contributed by atoms with Gasteiger partial charge in [0.25, 0.3) is 0 Å². The van der Waals surface area contributed by atoms with Crippen molar-refractivity contribution < 1.29 is 9.90 Å². The number of nitrogens with zero attached hydrogens (tertiary/aromatic N) is 2. The number of carboxylic acids is 1. The highest BCUT2D eigenvalue weighted by molar-refractivity contribution is 7.13. The van der Waals surface area contributed by atoms with Crippen molar-refractivity contribution in [2.45, 2.75) is 18.8 Å². The minimum absolute atomic E-state index is 0.122. The Morgan fingerprint density at radius 3 is 3.00 bits per heavy atom. The lowest BCUT2D eigenvalue weighted by atomic mass is 9.82. The van der Waals surface area contributed by atoms with Crippen LogP contribution in [0.3, 0.4) is 0 Å². The zero-order valence-corrected chi connectivity index (χ0v) is 10.9. The Labute approximate surface area is 114 Å². The summed E-state index contributed by atoms with van der Waals surface area (Å²) >= 11 is 1.57. The Morgan fingerprint density at radius 1 is 1.42 bits per heavy atom. The van der Waals surface area contributed by atoms with E-state index in [9.17, 15) is 9.90 Å². The number of carboxylic acid groups (broad SMARTS) is 1. The Kier molecular flexibility index (Phi) is 3.16. The summed E-state index contributed by atoms with van der Waals surface area (Å²) in [5, 5.41) is 18.3. The molecular formula is C13H13N3O2S. The monoisotopic (exact) mass is 275 g/mol. The van der Waals surface area contributed by atoms with Crippen LogP contribution in [0, 0.1) is 5.92 Å². The average Bonchev–Trinajstić information content (AvgIpc) is 3.09. The van der Waals surface area contributed by atoms with Crippen LogP contribution in [-0.2, 0) is 4.79 Å². The maximum Gasteiger partial charge on any atom is 0.307 e. The van der Waals surface area contributed by atoms with E-state index in [1.165, 1.54) is 0 Å². The molecule has 1 aliphatic carbocycles. The van der Waals surface area contributed by atoms with Gasteiger partial charge in [0.05, 0.1) is 10.8 Å². The highest BCUT2D eigenvalue weighted by atomic mass is 32.1.